The Kier molecular flexibility index (Phi) is 7.23. The molecule has 3 nitrogen and oxygen atoms in total. The Labute approximate surface area is 113 Å². The Morgan fingerprint density at radius 2 is 2.22 bits per heavy atom. The van der Waals surface area contributed by atoms with Crippen LogP contribution >= 0.6 is 11.8 Å². The summed E-state index contributed by atoms with van der Waals surface area (Å²) in [6.07, 6.45) is 4.36. The number of halogens is 1. The number of rotatable bonds is 8. The van der Waals surface area contributed by atoms with Crippen LogP contribution < -0.4 is 5.32 Å². The van der Waals surface area contributed by atoms with E-state index in [0.717, 1.165) is 31.0 Å². The number of aromatic nitrogens is 1. The Balaban J connectivity index is 2.44. The van der Waals surface area contributed by atoms with Gasteiger partial charge in [0, 0.05) is 12.3 Å². The Morgan fingerprint density at radius 3 is 2.78 bits per heavy atom. The van der Waals surface area contributed by atoms with E-state index in [0.29, 0.717) is 0 Å². The van der Waals surface area contributed by atoms with Gasteiger partial charge in [-0.15, -0.1) is 0 Å². The van der Waals surface area contributed by atoms with Gasteiger partial charge in [0.05, 0.1) is 17.9 Å². The minimum absolute atomic E-state index is 0.183. The first-order valence-electron chi connectivity index (χ1n) is 6.13. The Hall–Kier alpha value is -0.650. The molecule has 0 aliphatic heterocycles. The number of hydrogen-bond acceptors (Lipinski definition) is 4. The van der Waals surface area contributed by atoms with Crippen molar-refractivity contribution in [1.29, 1.82) is 0 Å². The lowest BCUT2D eigenvalue weighted by atomic mass is 10.1. The van der Waals surface area contributed by atoms with E-state index in [4.69, 9.17) is 0 Å². The van der Waals surface area contributed by atoms with Crippen LogP contribution in [-0.2, 0) is 0 Å². The van der Waals surface area contributed by atoms with Crippen LogP contribution in [-0.4, -0.2) is 49.1 Å². The average molecular weight is 271 g/mol. The van der Waals surface area contributed by atoms with Gasteiger partial charge in [-0.25, -0.2) is 4.39 Å². The molecule has 1 rings (SSSR count). The van der Waals surface area contributed by atoms with Gasteiger partial charge in [0.25, 0.3) is 0 Å². The van der Waals surface area contributed by atoms with Crippen LogP contribution in [0.3, 0.4) is 0 Å². The van der Waals surface area contributed by atoms with Crippen LogP contribution in [0.15, 0.2) is 18.3 Å². The first-order chi connectivity index (χ1) is 8.67. The molecule has 0 saturated carbocycles. The number of thioether (sulfide) groups is 1. The maximum Gasteiger partial charge on any atom is 0.141 e. The average Bonchev–Trinajstić information content (AvgIpc) is 2.39. The minimum atomic E-state index is -0.286. The zero-order valence-electron chi connectivity index (χ0n) is 11.3. The van der Waals surface area contributed by atoms with Crippen LogP contribution in [0.25, 0.3) is 0 Å². The lowest BCUT2D eigenvalue weighted by molar-refractivity contribution is 0.326. The molecule has 0 fully saturated rings. The van der Waals surface area contributed by atoms with E-state index in [2.05, 4.69) is 28.5 Å². The zero-order valence-corrected chi connectivity index (χ0v) is 12.1. The summed E-state index contributed by atoms with van der Waals surface area (Å²) in [5, 5.41) is 3.23. The van der Waals surface area contributed by atoms with Gasteiger partial charge in [-0.3, -0.25) is 4.98 Å². The van der Waals surface area contributed by atoms with Crippen LogP contribution in [0, 0.1) is 5.82 Å². The molecular formula is C13H22FN3S. The fourth-order valence-electron chi connectivity index (χ4n) is 1.74. The standard InChI is InChI=1S/C13H22FN3S/c1-15-12(6-7-17(2)8-9-18-3)13-5-4-11(14)10-16-13/h4-5,10,12,15H,6-9H2,1-3H3. The number of nitrogens with zero attached hydrogens (tertiary/aromatic N) is 2. The predicted molar refractivity (Wildman–Crippen MR) is 76.5 cm³/mol. The van der Waals surface area contributed by atoms with E-state index in [1.165, 1.54) is 12.3 Å². The van der Waals surface area contributed by atoms with Crippen LogP contribution in [0.5, 0.6) is 0 Å². The highest BCUT2D eigenvalue weighted by molar-refractivity contribution is 7.98. The monoisotopic (exact) mass is 271 g/mol. The molecule has 0 saturated heterocycles. The highest BCUT2D eigenvalue weighted by atomic mass is 32.2. The molecule has 102 valence electrons. The van der Waals surface area contributed by atoms with Gasteiger partial charge in [-0.1, -0.05) is 0 Å². The highest BCUT2D eigenvalue weighted by Gasteiger charge is 2.11. The second kappa shape index (κ2) is 8.45. The van der Waals surface area contributed by atoms with Gasteiger partial charge in [-0.05, 0) is 45.4 Å². The summed E-state index contributed by atoms with van der Waals surface area (Å²) in [5.74, 6) is 0.862. The third-order valence-corrected chi connectivity index (χ3v) is 3.52. The predicted octanol–water partition coefficient (Wildman–Crippen LogP) is 2.17. The molecule has 1 N–H and O–H groups in total. The molecule has 18 heavy (non-hydrogen) atoms. The Morgan fingerprint density at radius 1 is 1.44 bits per heavy atom. The molecule has 1 aromatic rings. The van der Waals surface area contributed by atoms with Crippen molar-refractivity contribution in [2.24, 2.45) is 0 Å². The summed E-state index contributed by atoms with van der Waals surface area (Å²) in [6.45, 7) is 2.10. The van der Waals surface area contributed by atoms with Crippen molar-refractivity contribution in [3.05, 3.63) is 29.8 Å². The van der Waals surface area contributed by atoms with Gasteiger partial charge in [0.15, 0.2) is 0 Å². The largest absolute Gasteiger partial charge is 0.312 e. The topological polar surface area (TPSA) is 28.2 Å². The lowest BCUT2D eigenvalue weighted by Crippen LogP contribution is -2.27. The van der Waals surface area contributed by atoms with Crippen LogP contribution in [0.2, 0.25) is 0 Å². The summed E-state index contributed by atoms with van der Waals surface area (Å²) >= 11 is 1.86. The molecule has 0 spiro atoms. The number of pyridine rings is 1. The second-order valence-corrected chi connectivity index (χ2v) is 5.31. The molecule has 1 atom stereocenters. The van der Waals surface area contributed by atoms with Gasteiger partial charge in [0.1, 0.15) is 5.82 Å². The van der Waals surface area contributed by atoms with Gasteiger partial charge >= 0.3 is 0 Å². The van der Waals surface area contributed by atoms with E-state index in [-0.39, 0.29) is 11.9 Å². The van der Waals surface area contributed by atoms with Crippen molar-refractivity contribution in [3.8, 4) is 0 Å². The van der Waals surface area contributed by atoms with E-state index in [1.807, 2.05) is 18.8 Å². The molecule has 0 aliphatic carbocycles. The van der Waals surface area contributed by atoms with Crippen molar-refractivity contribution in [1.82, 2.24) is 15.2 Å². The summed E-state index contributed by atoms with van der Waals surface area (Å²) in [4.78, 5) is 6.44. The van der Waals surface area contributed by atoms with E-state index >= 15 is 0 Å². The lowest BCUT2D eigenvalue weighted by Gasteiger charge is -2.20. The highest BCUT2D eigenvalue weighted by Crippen LogP contribution is 2.14. The van der Waals surface area contributed by atoms with Crippen molar-refractivity contribution in [2.75, 3.05) is 39.2 Å². The molecule has 5 heteroatoms. The van der Waals surface area contributed by atoms with Crippen LogP contribution in [0.4, 0.5) is 4.39 Å². The molecule has 1 unspecified atom stereocenters. The second-order valence-electron chi connectivity index (χ2n) is 4.33. The molecule has 0 aliphatic rings. The SMILES string of the molecule is CNC(CCN(C)CCSC)c1ccc(F)cn1. The third kappa shape index (κ3) is 5.33. The fourth-order valence-corrected chi connectivity index (χ4v) is 2.24. The number of hydrogen-bond donors (Lipinski definition) is 1. The molecule has 0 aromatic carbocycles. The normalized spacial score (nSPS) is 12.9. The minimum Gasteiger partial charge on any atom is -0.312 e. The van der Waals surface area contributed by atoms with Crippen molar-refractivity contribution >= 4 is 11.8 Å². The zero-order chi connectivity index (χ0) is 13.4. The van der Waals surface area contributed by atoms with Crippen LogP contribution in [0.1, 0.15) is 18.2 Å². The Bertz CT molecular complexity index is 332. The summed E-state index contributed by atoms with van der Waals surface area (Å²) in [6, 6.07) is 3.39. The summed E-state index contributed by atoms with van der Waals surface area (Å²) in [7, 11) is 4.04. The first-order valence-corrected chi connectivity index (χ1v) is 7.53. The summed E-state index contributed by atoms with van der Waals surface area (Å²) < 4.78 is 12.8. The van der Waals surface area contributed by atoms with Gasteiger partial charge in [0.2, 0.25) is 0 Å². The molecule has 0 radical (unpaired) electrons. The third-order valence-electron chi connectivity index (χ3n) is 2.93. The maximum atomic E-state index is 12.8. The van der Waals surface area contributed by atoms with E-state index < -0.39 is 0 Å². The van der Waals surface area contributed by atoms with E-state index in [9.17, 15) is 4.39 Å². The molecule has 1 heterocycles. The van der Waals surface area contributed by atoms with Crippen molar-refractivity contribution in [3.63, 3.8) is 0 Å². The fraction of sp³-hybridized carbons (Fsp3) is 0.615. The first kappa shape index (κ1) is 15.4. The van der Waals surface area contributed by atoms with Gasteiger partial charge < -0.3 is 10.2 Å². The van der Waals surface area contributed by atoms with Gasteiger partial charge in [-0.2, -0.15) is 11.8 Å². The maximum absolute atomic E-state index is 12.8. The molecule has 0 bridgehead atoms. The quantitative estimate of drug-likeness (QED) is 0.784. The smallest absolute Gasteiger partial charge is 0.141 e. The summed E-state index contributed by atoms with van der Waals surface area (Å²) in [5.41, 5.74) is 0.900. The molecular weight excluding hydrogens is 249 g/mol. The van der Waals surface area contributed by atoms with Crippen molar-refractivity contribution in [2.45, 2.75) is 12.5 Å². The van der Waals surface area contributed by atoms with Crippen molar-refractivity contribution < 1.29 is 4.39 Å². The molecule has 1 aromatic heterocycles. The van der Waals surface area contributed by atoms with E-state index in [1.54, 1.807) is 6.07 Å². The molecule has 0 amide bonds. The number of nitrogens with one attached hydrogen (secondary N) is 1.